The highest BCUT2D eigenvalue weighted by molar-refractivity contribution is 6.07. The van der Waals surface area contributed by atoms with Crippen molar-refractivity contribution in [3.63, 3.8) is 0 Å². The number of hydrogen-bond acceptors (Lipinski definition) is 7. The summed E-state index contributed by atoms with van der Waals surface area (Å²) in [5.74, 6) is 3.05. The van der Waals surface area contributed by atoms with Gasteiger partial charge in [-0.1, -0.05) is 52.3 Å². The van der Waals surface area contributed by atoms with Crippen LogP contribution in [0.5, 0.6) is 5.75 Å². The molecular formula is C39H49N7O3. The highest BCUT2D eigenvalue weighted by Gasteiger charge is 2.32. The second kappa shape index (κ2) is 15.2. The summed E-state index contributed by atoms with van der Waals surface area (Å²) in [5, 5.41) is 8.57. The molecule has 3 aliphatic heterocycles. The third kappa shape index (κ3) is 6.87. The molecule has 10 heteroatoms. The Bertz CT molecular complexity index is 1940. The predicted octanol–water partition coefficient (Wildman–Crippen LogP) is 7.90. The summed E-state index contributed by atoms with van der Waals surface area (Å²) in [7, 11) is 1.53. The number of nitrogens with one attached hydrogen (secondary N) is 4. The van der Waals surface area contributed by atoms with Crippen molar-refractivity contribution in [2.75, 3.05) is 26.7 Å². The number of amides is 1. The van der Waals surface area contributed by atoms with Gasteiger partial charge in [0.25, 0.3) is 0 Å². The largest absolute Gasteiger partial charge is 0.488 e. The lowest BCUT2D eigenvalue weighted by molar-refractivity contribution is -0.131. The standard InChI is InChI=1S/C34H35N7O3.C3H8.C2H6/c1-19(43-2)36-17-31(42)41-12-4-6-29(41)34-38-26-10-8-20-14-25-23-9-7-21(28-16-37-33(39-28)27-5-3-11-35-27)13-22(23)18-44-30(25)15-24(20)32(26)40-34;1-3-2;1-2/h7-10,13-16,27,29,35-36H,1,3-6,11-12,17-18H2,2H3,(H,37,39)(H,38,40);3H2,1-2H3;1-2H3. The Morgan fingerprint density at radius 2 is 1.90 bits per heavy atom. The van der Waals surface area contributed by atoms with E-state index in [4.69, 9.17) is 14.5 Å². The number of likely N-dealkylation sites (tertiary alicyclic amines) is 1. The molecule has 0 bridgehead atoms. The second-order valence-electron chi connectivity index (χ2n) is 12.6. The summed E-state index contributed by atoms with van der Waals surface area (Å²) in [5.41, 5.74) is 7.39. The normalized spacial score (nSPS) is 17.7. The average Bonchev–Trinajstić information content (AvgIpc) is 3.96. The zero-order valence-electron chi connectivity index (χ0n) is 29.4. The van der Waals surface area contributed by atoms with Crippen LogP contribution < -0.4 is 15.4 Å². The Labute approximate surface area is 288 Å². The van der Waals surface area contributed by atoms with Gasteiger partial charge in [-0.25, -0.2) is 9.97 Å². The van der Waals surface area contributed by atoms with Gasteiger partial charge in [0, 0.05) is 17.5 Å². The maximum absolute atomic E-state index is 13.0. The van der Waals surface area contributed by atoms with Crippen LogP contribution in [0.15, 0.2) is 61.1 Å². The first-order chi connectivity index (χ1) is 24.0. The molecule has 5 aromatic rings. The minimum absolute atomic E-state index is 0.000835. The average molecular weight is 664 g/mol. The van der Waals surface area contributed by atoms with Crippen LogP contribution in [0.1, 0.15) is 89.1 Å². The van der Waals surface area contributed by atoms with Gasteiger partial charge in [0.05, 0.1) is 48.7 Å². The van der Waals surface area contributed by atoms with Crippen molar-refractivity contribution in [1.29, 1.82) is 0 Å². The van der Waals surface area contributed by atoms with E-state index in [1.807, 2.05) is 24.9 Å². The molecule has 2 atom stereocenters. The minimum Gasteiger partial charge on any atom is -0.488 e. The molecule has 258 valence electrons. The number of nitrogens with zero attached hydrogens (tertiary/aromatic N) is 3. The maximum atomic E-state index is 13.0. The lowest BCUT2D eigenvalue weighted by Crippen LogP contribution is -2.37. The molecular weight excluding hydrogens is 614 g/mol. The van der Waals surface area contributed by atoms with Crippen LogP contribution in [0.25, 0.3) is 44.2 Å². The summed E-state index contributed by atoms with van der Waals surface area (Å²) in [4.78, 5) is 31.6. The first-order valence-electron chi connectivity index (χ1n) is 17.7. The van der Waals surface area contributed by atoms with Crippen molar-refractivity contribution in [3.8, 4) is 28.1 Å². The van der Waals surface area contributed by atoms with Gasteiger partial charge in [0.2, 0.25) is 5.91 Å². The van der Waals surface area contributed by atoms with Gasteiger partial charge in [-0.05, 0) is 85.1 Å². The first-order valence-corrected chi connectivity index (χ1v) is 17.7. The highest BCUT2D eigenvalue weighted by atomic mass is 16.5. The molecule has 1 amide bonds. The Kier molecular flexibility index (Phi) is 10.5. The molecule has 4 N–H and O–H groups in total. The lowest BCUT2D eigenvalue weighted by atomic mass is 9.92. The number of rotatable bonds is 7. The molecule has 2 fully saturated rings. The summed E-state index contributed by atoms with van der Waals surface area (Å²) >= 11 is 0. The monoisotopic (exact) mass is 663 g/mol. The van der Waals surface area contributed by atoms with E-state index in [1.54, 1.807) is 0 Å². The van der Waals surface area contributed by atoms with Crippen LogP contribution in [0.2, 0.25) is 0 Å². The summed E-state index contributed by atoms with van der Waals surface area (Å²) in [6.45, 7) is 14.4. The SMILES string of the molecule is C=C(NCC(=O)N1CCCC1c1nc2c(ccc3cc4c(cc32)OCc2cc(-c3cnc(C5CCCN5)[nH]3)ccc2-4)[nH]1)OC.CC.CCC. The van der Waals surface area contributed by atoms with Gasteiger partial charge in [0.15, 0.2) is 5.88 Å². The van der Waals surface area contributed by atoms with Crippen molar-refractivity contribution in [2.45, 2.75) is 78.5 Å². The van der Waals surface area contributed by atoms with Crippen molar-refractivity contribution >= 4 is 27.7 Å². The van der Waals surface area contributed by atoms with Gasteiger partial charge in [-0.2, -0.15) is 0 Å². The number of benzene rings is 3. The quantitative estimate of drug-likeness (QED) is 0.131. The summed E-state index contributed by atoms with van der Waals surface area (Å²) < 4.78 is 11.4. The van der Waals surface area contributed by atoms with Gasteiger partial charge in [0.1, 0.15) is 24.0 Å². The van der Waals surface area contributed by atoms with Crippen LogP contribution in [0.3, 0.4) is 0 Å². The topological polar surface area (TPSA) is 120 Å². The molecule has 2 saturated heterocycles. The van der Waals surface area contributed by atoms with Gasteiger partial charge in [-0.15, -0.1) is 0 Å². The van der Waals surface area contributed by atoms with E-state index in [0.29, 0.717) is 25.1 Å². The molecule has 3 aromatic carbocycles. The molecule has 8 rings (SSSR count). The minimum atomic E-state index is -0.0992. The summed E-state index contributed by atoms with van der Waals surface area (Å²) in [6, 6.07) is 15.3. The van der Waals surface area contributed by atoms with Crippen molar-refractivity contribution in [3.05, 3.63) is 78.3 Å². The number of H-pyrrole nitrogens is 2. The third-order valence-electron chi connectivity index (χ3n) is 9.23. The van der Waals surface area contributed by atoms with Crippen LogP contribution in [-0.4, -0.2) is 57.5 Å². The highest BCUT2D eigenvalue weighted by Crippen LogP contribution is 2.43. The number of aromatic amines is 2. The number of imidazole rings is 2. The van der Waals surface area contributed by atoms with E-state index in [-0.39, 0.29) is 18.5 Å². The fraction of sp³-hybridized carbons (Fsp3) is 0.410. The van der Waals surface area contributed by atoms with Crippen molar-refractivity contribution < 1.29 is 14.3 Å². The Morgan fingerprint density at radius 3 is 2.67 bits per heavy atom. The van der Waals surface area contributed by atoms with E-state index >= 15 is 0 Å². The molecule has 49 heavy (non-hydrogen) atoms. The van der Waals surface area contributed by atoms with Crippen LogP contribution >= 0.6 is 0 Å². The van der Waals surface area contributed by atoms with E-state index in [0.717, 1.165) is 87.4 Å². The summed E-state index contributed by atoms with van der Waals surface area (Å²) in [6.07, 6.45) is 7.28. The van der Waals surface area contributed by atoms with Gasteiger partial charge in [-0.3, -0.25) is 4.79 Å². The maximum Gasteiger partial charge on any atom is 0.242 e. The Hall–Kier alpha value is -4.83. The van der Waals surface area contributed by atoms with Crippen LogP contribution in [0.4, 0.5) is 0 Å². The smallest absolute Gasteiger partial charge is 0.242 e. The van der Waals surface area contributed by atoms with E-state index in [2.05, 4.69) is 88.5 Å². The molecule has 0 aliphatic carbocycles. The number of carbonyl (C=O) groups excluding carboxylic acids is 1. The van der Waals surface area contributed by atoms with Crippen molar-refractivity contribution in [2.24, 2.45) is 0 Å². The van der Waals surface area contributed by atoms with E-state index in [9.17, 15) is 4.79 Å². The third-order valence-corrected chi connectivity index (χ3v) is 9.23. The fourth-order valence-electron chi connectivity index (χ4n) is 6.91. The van der Waals surface area contributed by atoms with E-state index in [1.165, 1.54) is 25.5 Å². The van der Waals surface area contributed by atoms with Crippen LogP contribution in [0, 0.1) is 0 Å². The van der Waals surface area contributed by atoms with Crippen molar-refractivity contribution in [1.82, 2.24) is 35.5 Å². The Balaban J connectivity index is 0.000000792. The number of carbonyl (C=O) groups is 1. The fourth-order valence-corrected chi connectivity index (χ4v) is 6.91. The van der Waals surface area contributed by atoms with Gasteiger partial charge < -0.3 is 35.0 Å². The number of methoxy groups -OCH3 is 1. The second-order valence-corrected chi connectivity index (χ2v) is 12.6. The molecule has 10 nitrogen and oxygen atoms in total. The molecule has 0 saturated carbocycles. The molecule has 0 spiro atoms. The lowest BCUT2D eigenvalue weighted by Gasteiger charge is -2.23. The first kappa shape index (κ1) is 34.0. The molecule has 0 radical (unpaired) electrons. The number of aromatic nitrogens is 4. The molecule has 2 aromatic heterocycles. The van der Waals surface area contributed by atoms with E-state index < -0.39 is 0 Å². The van der Waals surface area contributed by atoms with Gasteiger partial charge >= 0.3 is 0 Å². The Morgan fingerprint density at radius 1 is 1.06 bits per heavy atom. The predicted molar refractivity (Wildman–Crippen MR) is 196 cm³/mol. The van der Waals surface area contributed by atoms with Crippen LogP contribution in [-0.2, 0) is 16.1 Å². The number of hydrogen-bond donors (Lipinski definition) is 4. The number of ether oxygens (including phenoxy) is 2. The molecule has 3 aliphatic rings. The molecule has 2 unspecified atom stereocenters. The molecule has 5 heterocycles. The zero-order chi connectivity index (χ0) is 34.5. The number of fused-ring (bicyclic) bond motifs is 6. The zero-order valence-corrected chi connectivity index (χ0v) is 29.4.